The Hall–Kier alpha value is -2.12. The lowest BCUT2D eigenvalue weighted by Crippen LogP contribution is -2.50. The normalized spacial score (nSPS) is 18.6. The standard InChI is InChI=1S/C13H20N6O/c14-13(16-17-15)12(11-4-2-1-3-5-11)19-8-6-18(10-20)7-9-19/h1-5,10,12,17H,6-9,15H2,(H2,14,16). The van der Waals surface area contributed by atoms with Crippen LogP contribution in [0.25, 0.3) is 0 Å². The van der Waals surface area contributed by atoms with Gasteiger partial charge in [-0.2, -0.15) is 0 Å². The number of rotatable bonds is 5. The van der Waals surface area contributed by atoms with Crippen LogP contribution in [0.4, 0.5) is 0 Å². The van der Waals surface area contributed by atoms with Crippen LogP contribution in [0.1, 0.15) is 11.6 Å². The van der Waals surface area contributed by atoms with Gasteiger partial charge in [0.1, 0.15) is 5.84 Å². The molecule has 0 aliphatic carbocycles. The lowest BCUT2D eigenvalue weighted by molar-refractivity contribution is -0.119. The highest BCUT2D eigenvalue weighted by atomic mass is 16.1. The molecule has 1 unspecified atom stereocenters. The van der Waals surface area contributed by atoms with Crippen molar-refractivity contribution < 1.29 is 4.79 Å². The number of nitrogens with two attached hydrogens (primary N) is 2. The van der Waals surface area contributed by atoms with Crippen molar-refractivity contribution in [3.05, 3.63) is 35.9 Å². The number of nitrogens with zero attached hydrogens (tertiary/aromatic N) is 3. The van der Waals surface area contributed by atoms with E-state index in [-0.39, 0.29) is 6.04 Å². The van der Waals surface area contributed by atoms with Crippen LogP contribution in [-0.2, 0) is 4.79 Å². The number of carbonyl (C=O) groups is 1. The van der Waals surface area contributed by atoms with Crippen molar-refractivity contribution in [3.8, 4) is 0 Å². The first-order chi connectivity index (χ1) is 9.76. The van der Waals surface area contributed by atoms with Crippen LogP contribution in [0.15, 0.2) is 35.4 Å². The summed E-state index contributed by atoms with van der Waals surface area (Å²) in [6, 6.07) is 9.77. The molecule has 108 valence electrons. The van der Waals surface area contributed by atoms with Gasteiger partial charge in [0.15, 0.2) is 0 Å². The first-order valence-electron chi connectivity index (χ1n) is 6.53. The van der Waals surface area contributed by atoms with E-state index >= 15 is 0 Å². The van der Waals surface area contributed by atoms with Crippen molar-refractivity contribution >= 4 is 12.2 Å². The highest BCUT2D eigenvalue weighted by Crippen LogP contribution is 2.22. The van der Waals surface area contributed by atoms with Crippen molar-refractivity contribution in [1.29, 1.82) is 0 Å². The number of carbonyl (C=O) groups excluding carboxylic acids is 1. The van der Waals surface area contributed by atoms with E-state index in [0.29, 0.717) is 18.9 Å². The van der Waals surface area contributed by atoms with Crippen LogP contribution < -0.4 is 17.1 Å². The number of amidine groups is 1. The number of benzene rings is 1. The summed E-state index contributed by atoms with van der Waals surface area (Å²) in [6.45, 7) is 2.88. The van der Waals surface area contributed by atoms with Gasteiger partial charge in [0.2, 0.25) is 6.41 Å². The lowest BCUT2D eigenvalue weighted by Gasteiger charge is -2.37. The number of piperazine rings is 1. The van der Waals surface area contributed by atoms with Gasteiger partial charge in [-0.15, -0.1) is 5.10 Å². The molecule has 1 aliphatic heterocycles. The van der Waals surface area contributed by atoms with Crippen LogP contribution in [0.5, 0.6) is 0 Å². The summed E-state index contributed by atoms with van der Waals surface area (Å²) in [5.74, 6) is 5.64. The van der Waals surface area contributed by atoms with Crippen molar-refractivity contribution in [1.82, 2.24) is 15.3 Å². The first kappa shape index (κ1) is 14.3. The fourth-order valence-corrected chi connectivity index (χ4v) is 2.44. The fraction of sp³-hybridized carbons (Fsp3) is 0.385. The van der Waals surface area contributed by atoms with E-state index in [2.05, 4.69) is 15.5 Å². The highest BCUT2D eigenvalue weighted by molar-refractivity contribution is 5.86. The zero-order valence-corrected chi connectivity index (χ0v) is 11.3. The molecule has 1 fully saturated rings. The molecular weight excluding hydrogens is 256 g/mol. The summed E-state index contributed by atoms with van der Waals surface area (Å²) < 4.78 is 0. The molecule has 2 rings (SSSR count). The average Bonchev–Trinajstić information content (AvgIpc) is 2.50. The van der Waals surface area contributed by atoms with Crippen LogP contribution >= 0.6 is 0 Å². The van der Waals surface area contributed by atoms with E-state index in [1.54, 1.807) is 4.90 Å². The second kappa shape index (κ2) is 6.88. The number of hydrazone groups is 1. The third kappa shape index (κ3) is 3.25. The number of hydrogen-bond acceptors (Lipinski definition) is 5. The summed E-state index contributed by atoms with van der Waals surface area (Å²) in [6.07, 6.45) is 0.883. The quantitative estimate of drug-likeness (QED) is 0.216. The molecule has 1 saturated heterocycles. The molecule has 0 aromatic heterocycles. The maximum Gasteiger partial charge on any atom is 0.209 e. The van der Waals surface area contributed by atoms with Gasteiger partial charge in [-0.1, -0.05) is 30.3 Å². The number of amides is 1. The molecule has 20 heavy (non-hydrogen) atoms. The van der Waals surface area contributed by atoms with Gasteiger partial charge < -0.3 is 10.6 Å². The Morgan fingerprint density at radius 1 is 1.25 bits per heavy atom. The Kier molecular flexibility index (Phi) is 4.91. The molecule has 0 radical (unpaired) electrons. The summed E-state index contributed by atoms with van der Waals surface area (Å²) >= 11 is 0. The van der Waals surface area contributed by atoms with E-state index in [4.69, 9.17) is 11.6 Å². The monoisotopic (exact) mass is 276 g/mol. The van der Waals surface area contributed by atoms with Gasteiger partial charge in [0, 0.05) is 26.2 Å². The predicted molar refractivity (Wildman–Crippen MR) is 77.3 cm³/mol. The topological polar surface area (TPSA) is 100.0 Å². The van der Waals surface area contributed by atoms with Gasteiger partial charge in [-0.25, -0.2) is 11.4 Å². The van der Waals surface area contributed by atoms with Gasteiger partial charge in [0.05, 0.1) is 6.04 Å². The van der Waals surface area contributed by atoms with Crippen molar-refractivity contribution in [2.75, 3.05) is 26.2 Å². The molecule has 1 atom stereocenters. The van der Waals surface area contributed by atoms with Gasteiger partial charge >= 0.3 is 0 Å². The molecule has 0 bridgehead atoms. The molecule has 1 aliphatic rings. The Bertz CT molecular complexity index is 455. The van der Waals surface area contributed by atoms with Crippen LogP contribution in [0, 0.1) is 0 Å². The number of hydrogen-bond donors (Lipinski definition) is 3. The second-order valence-corrected chi connectivity index (χ2v) is 4.66. The second-order valence-electron chi connectivity index (χ2n) is 4.66. The van der Waals surface area contributed by atoms with Crippen LogP contribution in [0.2, 0.25) is 0 Å². The van der Waals surface area contributed by atoms with E-state index in [1.807, 2.05) is 30.3 Å². The molecule has 0 saturated carbocycles. The molecule has 5 N–H and O–H groups in total. The SMILES string of the molecule is NN/N=C(\N)C(c1ccccc1)N1CCN(C=O)CC1. The predicted octanol–water partition coefficient (Wildman–Crippen LogP) is -0.763. The Morgan fingerprint density at radius 3 is 2.45 bits per heavy atom. The molecule has 1 amide bonds. The Balaban J connectivity index is 2.20. The summed E-state index contributed by atoms with van der Waals surface area (Å²) in [4.78, 5) is 14.7. The zero-order chi connectivity index (χ0) is 14.4. The Labute approximate surface area is 118 Å². The molecule has 1 heterocycles. The molecule has 1 aromatic rings. The molecule has 1 aromatic carbocycles. The Morgan fingerprint density at radius 2 is 1.90 bits per heavy atom. The minimum Gasteiger partial charge on any atom is -0.384 e. The third-order valence-corrected chi connectivity index (χ3v) is 3.45. The van der Waals surface area contributed by atoms with Gasteiger partial charge in [-0.05, 0) is 5.56 Å². The summed E-state index contributed by atoms with van der Waals surface area (Å²) in [5.41, 5.74) is 9.35. The first-order valence-corrected chi connectivity index (χ1v) is 6.53. The third-order valence-electron chi connectivity index (χ3n) is 3.45. The summed E-state index contributed by atoms with van der Waals surface area (Å²) in [7, 11) is 0. The maximum absolute atomic E-state index is 10.8. The molecule has 7 nitrogen and oxygen atoms in total. The summed E-state index contributed by atoms with van der Waals surface area (Å²) in [5, 5.41) is 3.91. The van der Waals surface area contributed by atoms with E-state index < -0.39 is 0 Å². The van der Waals surface area contributed by atoms with Crippen LogP contribution in [-0.4, -0.2) is 48.2 Å². The minimum absolute atomic E-state index is 0.138. The van der Waals surface area contributed by atoms with Crippen LogP contribution in [0.3, 0.4) is 0 Å². The van der Waals surface area contributed by atoms with Gasteiger partial charge in [-0.3, -0.25) is 9.69 Å². The van der Waals surface area contributed by atoms with Gasteiger partial charge in [0.25, 0.3) is 0 Å². The molecule has 0 spiro atoms. The van der Waals surface area contributed by atoms with E-state index in [0.717, 1.165) is 25.1 Å². The average molecular weight is 276 g/mol. The van der Waals surface area contributed by atoms with E-state index in [9.17, 15) is 4.79 Å². The lowest BCUT2D eigenvalue weighted by atomic mass is 10.0. The number of nitrogens with one attached hydrogen (secondary N) is 1. The van der Waals surface area contributed by atoms with E-state index in [1.165, 1.54) is 0 Å². The van der Waals surface area contributed by atoms with Crippen molar-refractivity contribution in [2.45, 2.75) is 6.04 Å². The smallest absolute Gasteiger partial charge is 0.209 e. The number of hydrazine groups is 1. The van der Waals surface area contributed by atoms with Crippen molar-refractivity contribution in [3.63, 3.8) is 0 Å². The maximum atomic E-state index is 10.8. The molecular formula is C13H20N6O. The zero-order valence-electron chi connectivity index (χ0n) is 11.3. The van der Waals surface area contributed by atoms with Crippen molar-refractivity contribution in [2.24, 2.45) is 16.7 Å². The largest absolute Gasteiger partial charge is 0.384 e. The highest BCUT2D eigenvalue weighted by Gasteiger charge is 2.27. The minimum atomic E-state index is -0.138. The molecule has 7 heteroatoms. The fourth-order valence-electron chi connectivity index (χ4n) is 2.44.